The number of anilines is 2. The van der Waals surface area contributed by atoms with Gasteiger partial charge in [0.05, 0.1) is 0 Å². The van der Waals surface area contributed by atoms with E-state index in [0.29, 0.717) is 12.1 Å². The first-order valence-electron chi connectivity index (χ1n) is 11.4. The molecule has 2 aliphatic rings. The van der Waals surface area contributed by atoms with Crippen LogP contribution in [0.3, 0.4) is 0 Å². The van der Waals surface area contributed by atoms with Crippen LogP contribution in [0.25, 0.3) is 11.1 Å². The number of hydrogen-bond acceptors (Lipinski definition) is 2. The Balaban J connectivity index is 1.42. The van der Waals surface area contributed by atoms with Crippen molar-refractivity contribution >= 4 is 11.4 Å². The number of hydrogen-bond donors (Lipinski definition) is 0. The van der Waals surface area contributed by atoms with Gasteiger partial charge in [-0.25, -0.2) is 0 Å². The van der Waals surface area contributed by atoms with Crippen LogP contribution in [0, 0.1) is 0 Å². The highest BCUT2D eigenvalue weighted by Crippen LogP contribution is 2.30. The van der Waals surface area contributed by atoms with Gasteiger partial charge < -0.3 is 9.80 Å². The molecule has 0 amide bonds. The third kappa shape index (κ3) is 4.37. The molecule has 2 aliphatic carbocycles. The van der Waals surface area contributed by atoms with Crippen molar-refractivity contribution in [2.24, 2.45) is 0 Å². The molecule has 0 saturated heterocycles. The number of benzene rings is 2. The van der Waals surface area contributed by atoms with Crippen molar-refractivity contribution < 1.29 is 0 Å². The normalized spacial score (nSPS) is 18.8. The molecular formula is C26H36N2. The zero-order chi connectivity index (χ0) is 19.3. The third-order valence-corrected chi connectivity index (χ3v) is 7.13. The topological polar surface area (TPSA) is 6.48 Å². The van der Waals surface area contributed by atoms with Gasteiger partial charge in [0.2, 0.25) is 0 Å². The average Bonchev–Trinajstić information content (AvgIpc) is 2.79. The fourth-order valence-electron chi connectivity index (χ4n) is 5.14. The summed E-state index contributed by atoms with van der Waals surface area (Å²) in [7, 11) is 4.53. The second-order valence-electron chi connectivity index (χ2n) is 8.90. The van der Waals surface area contributed by atoms with Crippen LogP contribution in [0.4, 0.5) is 11.4 Å². The molecule has 0 aromatic heterocycles. The van der Waals surface area contributed by atoms with Gasteiger partial charge in [-0.3, -0.25) is 0 Å². The van der Waals surface area contributed by atoms with E-state index in [0.717, 1.165) is 0 Å². The monoisotopic (exact) mass is 376 g/mol. The Morgan fingerprint density at radius 2 is 0.821 bits per heavy atom. The summed E-state index contributed by atoms with van der Waals surface area (Å²) in [6.45, 7) is 0. The Morgan fingerprint density at radius 1 is 0.500 bits per heavy atom. The van der Waals surface area contributed by atoms with Gasteiger partial charge in [0, 0.05) is 37.6 Å². The average molecular weight is 377 g/mol. The van der Waals surface area contributed by atoms with E-state index in [2.05, 4.69) is 72.4 Å². The van der Waals surface area contributed by atoms with E-state index in [1.54, 1.807) is 0 Å². The van der Waals surface area contributed by atoms with E-state index in [4.69, 9.17) is 0 Å². The first-order valence-corrected chi connectivity index (χ1v) is 11.4. The predicted octanol–water partition coefficient (Wildman–Crippen LogP) is 6.89. The van der Waals surface area contributed by atoms with Gasteiger partial charge in [-0.2, -0.15) is 0 Å². The van der Waals surface area contributed by atoms with Gasteiger partial charge in [-0.1, -0.05) is 62.8 Å². The molecule has 2 saturated carbocycles. The molecule has 2 heteroatoms. The molecule has 2 aromatic carbocycles. The van der Waals surface area contributed by atoms with Gasteiger partial charge in [-0.15, -0.1) is 0 Å². The molecule has 150 valence electrons. The molecule has 4 rings (SSSR count). The molecule has 0 aliphatic heterocycles. The number of nitrogens with zero attached hydrogens (tertiary/aromatic N) is 2. The van der Waals surface area contributed by atoms with E-state index in [9.17, 15) is 0 Å². The van der Waals surface area contributed by atoms with Crippen molar-refractivity contribution in [1.82, 2.24) is 0 Å². The summed E-state index contributed by atoms with van der Waals surface area (Å²) < 4.78 is 0. The quantitative estimate of drug-likeness (QED) is 0.560. The Bertz CT molecular complexity index is 657. The molecule has 0 spiro atoms. The molecule has 0 radical (unpaired) electrons. The summed E-state index contributed by atoms with van der Waals surface area (Å²) >= 11 is 0. The highest BCUT2D eigenvalue weighted by atomic mass is 15.1. The summed E-state index contributed by atoms with van der Waals surface area (Å²) in [5, 5.41) is 0. The Morgan fingerprint density at radius 3 is 1.14 bits per heavy atom. The standard InChI is InChI=1S/C26H36N2/c1-27(23-9-5-3-6-10-23)25-17-13-21(14-18-25)22-15-19-26(20-16-22)28(2)24-11-7-4-8-12-24/h13-20,23-24H,3-12H2,1-2H3. The first-order chi connectivity index (χ1) is 13.7. The minimum absolute atomic E-state index is 0.717. The van der Waals surface area contributed by atoms with Crippen molar-refractivity contribution in [3.05, 3.63) is 48.5 Å². The van der Waals surface area contributed by atoms with E-state index in [1.807, 2.05) is 0 Å². The summed E-state index contributed by atoms with van der Waals surface area (Å²) in [5.74, 6) is 0. The Labute approximate surface area is 171 Å². The predicted molar refractivity (Wildman–Crippen MR) is 122 cm³/mol. The van der Waals surface area contributed by atoms with Crippen LogP contribution < -0.4 is 9.80 Å². The lowest BCUT2D eigenvalue weighted by Gasteiger charge is -2.33. The van der Waals surface area contributed by atoms with Crippen LogP contribution in [0.5, 0.6) is 0 Å². The maximum absolute atomic E-state index is 2.49. The maximum Gasteiger partial charge on any atom is 0.0366 e. The first kappa shape index (κ1) is 19.4. The summed E-state index contributed by atoms with van der Waals surface area (Å²) in [4.78, 5) is 4.98. The smallest absolute Gasteiger partial charge is 0.0366 e. The molecule has 28 heavy (non-hydrogen) atoms. The zero-order valence-corrected chi connectivity index (χ0v) is 17.7. The summed E-state index contributed by atoms with van der Waals surface area (Å²) in [5.41, 5.74) is 5.33. The molecule has 2 nitrogen and oxygen atoms in total. The summed E-state index contributed by atoms with van der Waals surface area (Å²) in [6, 6.07) is 19.8. The van der Waals surface area contributed by atoms with Crippen LogP contribution in [-0.4, -0.2) is 26.2 Å². The van der Waals surface area contributed by atoms with Crippen LogP contribution >= 0.6 is 0 Å². The van der Waals surface area contributed by atoms with Gasteiger partial charge in [-0.05, 0) is 61.1 Å². The maximum atomic E-state index is 2.49. The number of rotatable bonds is 5. The molecule has 2 aromatic rings. The molecule has 0 unspecified atom stereocenters. The lowest BCUT2D eigenvalue weighted by molar-refractivity contribution is 0.427. The van der Waals surface area contributed by atoms with Crippen molar-refractivity contribution in [2.45, 2.75) is 76.3 Å². The molecule has 0 N–H and O–H groups in total. The van der Waals surface area contributed by atoms with Crippen LogP contribution in [0.15, 0.2) is 48.5 Å². The second kappa shape index (κ2) is 9.03. The van der Waals surface area contributed by atoms with Crippen molar-refractivity contribution in [1.29, 1.82) is 0 Å². The minimum Gasteiger partial charge on any atom is -0.372 e. The van der Waals surface area contributed by atoms with Crippen molar-refractivity contribution in [3.8, 4) is 11.1 Å². The minimum atomic E-state index is 0.717. The van der Waals surface area contributed by atoms with Crippen molar-refractivity contribution in [3.63, 3.8) is 0 Å². The van der Waals surface area contributed by atoms with Gasteiger partial charge in [0.25, 0.3) is 0 Å². The Kier molecular flexibility index (Phi) is 6.24. The molecule has 2 fully saturated rings. The fourth-order valence-corrected chi connectivity index (χ4v) is 5.14. The lowest BCUT2D eigenvalue weighted by atomic mass is 9.94. The van der Waals surface area contributed by atoms with Gasteiger partial charge in [0.1, 0.15) is 0 Å². The molecular weight excluding hydrogens is 340 g/mol. The molecule has 0 bridgehead atoms. The van der Waals surface area contributed by atoms with E-state index < -0.39 is 0 Å². The lowest BCUT2D eigenvalue weighted by Crippen LogP contribution is -2.33. The summed E-state index contributed by atoms with van der Waals surface area (Å²) in [6.07, 6.45) is 13.7. The van der Waals surface area contributed by atoms with Crippen molar-refractivity contribution in [2.75, 3.05) is 23.9 Å². The van der Waals surface area contributed by atoms with Gasteiger partial charge in [0.15, 0.2) is 0 Å². The van der Waals surface area contributed by atoms with Crippen LogP contribution in [-0.2, 0) is 0 Å². The van der Waals surface area contributed by atoms with E-state index in [1.165, 1.54) is 86.7 Å². The third-order valence-electron chi connectivity index (χ3n) is 7.13. The second-order valence-corrected chi connectivity index (χ2v) is 8.90. The molecule has 0 heterocycles. The highest BCUT2D eigenvalue weighted by molar-refractivity contribution is 5.68. The van der Waals surface area contributed by atoms with Crippen LogP contribution in [0.2, 0.25) is 0 Å². The molecule has 0 atom stereocenters. The van der Waals surface area contributed by atoms with E-state index >= 15 is 0 Å². The highest BCUT2D eigenvalue weighted by Gasteiger charge is 2.19. The largest absolute Gasteiger partial charge is 0.372 e. The van der Waals surface area contributed by atoms with Crippen LogP contribution in [0.1, 0.15) is 64.2 Å². The van der Waals surface area contributed by atoms with Gasteiger partial charge >= 0.3 is 0 Å². The van der Waals surface area contributed by atoms with E-state index in [-0.39, 0.29) is 0 Å². The zero-order valence-electron chi connectivity index (χ0n) is 17.7. The fraction of sp³-hybridized carbons (Fsp3) is 0.538. The Hall–Kier alpha value is -1.96. The SMILES string of the molecule is CN(c1ccc(-c2ccc(N(C)C3CCCCC3)cc2)cc1)C1CCCCC1.